The zero-order valence-electron chi connectivity index (χ0n) is 12.0. The lowest BCUT2D eigenvalue weighted by Gasteiger charge is -2.35. The molecule has 0 saturated carbocycles. The van der Waals surface area contributed by atoms with E-state index in [2.05, 4.69) is 0 Å². The minimum Gasteiger partial charge on any atom is -0.453 e. The first kappa shape index (κ1) is 15.2. The maximum absolute atomic E-state index is 11.3. The number of carbonyl (C=O) groups is 1. The molecular formula is C15H16O6S. The molecule has 2 saturated heterocycles. The van der Waals surface area contributed by atoms with E-state index < -0.39 is 24.5 Å². The maximum Gasteiger partial charge on any atom is 0.353 e. The van der Waals surface area contributed by atoms with Crippen LogP contribution >= 0.6 is 12.2 Å². The standard InChI is InChI=1S/C15H16O6S/c1-9(16)19-13-12-11(20-15(22)21-12)8-18-14(13)17-7-10-5-3-2-4-6-10/h2-6,11-14H,7-8H2,1H3. The molecule has 3 rings (SSSR count). The van der Waals surface area contributed by atoms with Gasteiger partial charge in [-0.15, -0.1) is 0 Å². The molecule has 0 aliphatic carbocycles. The lowest BCUT2D eigenvalue weighted by atomic mass is 10.1. The molecule has 4 atom stereocenters. The van der Waals surface area contributed by atoms with E-state index in [0.717, 1.165) is 5.56 Å². The smallest absolute Gasteiger partial charge is 0.353 e. The molecule has 2 fully saturated rings. The summed E-state index contributed by atoms with van der Waals surface area (Å²) in [6.07, 6.45) is -2.34. The largest absolute Gasteiger partial charge is 0.453 e. The summed E-state index contributed by atoms with van der Waals surface area (Å²) in [5.41, 5.74) is 0.994. The van der Waals surface area contributed by atoms with Gasteiger partial charge in [0.15, 0.2) is 24.6 Å². The fraction of sp³-hybridized carbons (Fsp3) is 0.467. The summed E-state index contributed by atoms with van der Waals surface area (Å²) < 4.78 is 27.4. The van der Waals surface area contributed by atoms with E-state index in [1.54, 1.807) is 0 Å². The first-order valence-electron chi connectivity index (χ1n) is 6.95. The second-order valence-corrected chi connectivity index (χ2v) is 5.39. The Morgan fingerprint density at radius 3 is 2.82 bits per heavy atom. The topological polar surface area (TPSA) is 63.2 Å². The van der Waals surface area contributed by atoms with Gasteiger partial charge in [-0.1, -0.05) is 30.3 Å². The third-order valence-corrected chi connectivity index (χ3v) is 3.61. The van der Waals surface area contributed by atoms with Crippen LogP contribution in [0.3, 0.4) is 0 Å². The number of benzene rings is 1. The van der Waals surface area contributed by atoms with Crippen molar-refractivity contribution in [1.29, 1.82) is 0 Å². The molecular weight excluding hydrogens is 308 g/mol. The van der Waals surface area contributed by atoms with Crippen molar-refractivity contribution in [3.05, 3.63) is 35.9 Å². The van der Waals surface area contributed by atoms with E-state index in [4.69, 9.17) is 35.9 Å². The molecule has 0 aromatic heterocycles. The molecule has 2 aliphatic heterocycles. The van der Waals surface area contributed by atoms with Crippen molar-refractivity contribution in [2.45, 2.75) is 38.1 Å². The second kappa shape index (κ2) is 6.60. The van der Waals surface area contributed by atoms with Crippen LogP contribution in [0.25, 0.3) is 0 Å². The fourth-order valence-electron chi connectivity index (χ4n) is 2.46. The van der Waals surface area contributed by atoms with Crippen molar-refractivity contribution in [1.82, 2.24) is 0 Å². The van der Waals surface area contributed by atoms with Crippen molar-refractivity contribution in [3.8, 4) is 0 Å². The number of hydrogen-bond acceptors (Lipinski definition) is 7. The average molecular weight is 324 g/mol. The molecule has 1 aromatic rings. The molecule has 6 nitrogen and oxygen atoms in total. The van der Waals surface area contributed by atoms with E-state index in [0.29, 0.717) is 6.61 Å². The van der Waals surface area contributed by atoms with E-state index in [-0.39, 0.29) is 17.9 Å². The summed E-state index contributed by atoms with van der Waals surface area (Å²) in [4.78, 5) is 11.3. The van der Waals surface area contributed by atoms with Gasteiger partial charge >= 0.3 is 11.2 Å². The summed E-state index contributed by atoms with van der Waals surface area (Å²) >= 11 is 4.90. The quantitative estimate of drug-likeness (QED) is 0.615. The van der Waals surface area contributed by atoms with Gasteiger partial charge in [0.2, 0.25) is 0 Å². The number of esters is 1. The van der Waals surface area contributed by atoms with Crippen LogP contribution in [0.5, 0.6) is 0 Å². The minimum atomic E-state index is -0.727. The summed E-state index contributed by atoms with van der Waals surface area (Å²) in [6, 6.07) is 9.66. The maximum atomic E-state index is 11.3. The van der Waals surface area contributed by atoms with Gasteiger partial charge in [0.25, 0.3) is 0 Å². The molecule has 2 aliphatic rings. The van der Waals surface area contributed by atoms with E-state index in [9.17, 15) is 4.79 Å². The van der Waals surface area contributed by atoms with Gasteiger partial charge in [0, 0.05) is 19.1 Å². The highest BCUT2D eigenvalue weighted by atomic mass is 32.1. The average Bonchev–Trinajstić information content (AvgIpc) is 2.88. The van der Waals surface area contributed by atoms with Gasteiger partial charge in [-0.3, -0.25) is 4.79 Å². The zero-order chi connectivity index (χ0) is 15.5. The molecule has 0 amide bonds. The van der Waals surface area contributed by atoms with Crippen LogP contribution in [0, 0.1) is 0 Å². The molecule has 1 aromatic carbocycles. The second-order valence-electron chi connectivity index (χ2n) is 5.06. The van der Waals surface area contributed by atoms with Gasteiger partial charge < -0.3 is 23.7 Å². The van der Waals surface area contributed by atoms with Gasteiger partial charge in [0.1, 0.15) is 0 Å². The fourth-order valence-corrected chi connectivity index (χ4v) is 2.70. The SMILES string of the molecule is CC(=O)OC1C(OCc2ccccc2)OCC2OC(=S)OC21. The lowest BCUT2D eigenvalue weighted by Crippen LogP contribution is -2.54. The Hall–Kier alpha value is -1.70. The van der Waals surface area contributed by atoms with Crippen molar-refractivity contribution in [2.24, 2.45) is 0 Å². The van der Waals surface area contributed by atoms with Crippen LogP contribution in [0.4, 0.5) is 0 Å². The molecule has 118 valence electrons. The number of ether oxygens (including phenoxy) is 5. The first-order valence-corrected chi connectivity index (χ1v) is 7.36. The Morgan fingerprint density at radius 1 is 1.32 bits per heavy atom. The zero-order valence-corrected chi connectivity index (χ0v) is 12.8. The Kier molecular flexibility index (Phi) is 4.56. The molecule has 0 bridgehead atoms. The Bertz CT molecular complexity index is 548. The van der Waals surface area contributed by atoms with Crippen LogP contribution in [-0.2, 0) is 35.1 Å². The number of carbonyl (C=O) groups excluding carboxylic acids is 1. The molecule has 7 heteroatoms. The predicted octanol–water partition coefficient (Wildman–Crippen LogP) is 1.56. The van der Waals surface area contributed by atoms with Crippen molar-refractivity contribution < 1.29 is 28.5 Å². The molecule has 22 heavy (non-hydrogen) atoms. The molecule has 0 spiro atoms. The Balaban J connectivity index is 1.68. The monoisotopic (exact) mass is 324 g/mol. The summed E-state index contributed by atoms with van der Waals surface area (Å²) in [7, 11) is 0. The van der Waals surface area contributed by atoms with E-state index in [1.165, 1.54) is 6.92 Å². The van der Waals surface area contributed by atoms with Crippen LogP contribution in [0.2, 0.25) is 0 Å². The van der Waals surface area contributed by atoms with Crippen molar-refractivity contribution in [3.63, 3.8) is 0 Å². The van der Waals surface area contributed by atoms with Crippen LogP contribution in [0.15, 0.2) is 30.3 Å². The Morgan fingerprint density at radius 2 is 2.09 bits per heavy atom. The lowest BCUT2D eigenvalue weighted by molar-refractivity contribution is -0.261. The van der Waals surface area contributed by atoms with Gasteiger partial charge in [0.05, 0.1) is 13.2 Å². The summed E-state index contributed by atoms with van der Waals surface area (Å²) in [5, 5.41) is 0.0412. The number of fused-ring (bicyclic) bond motifs is 1. The van der Waals surface area contributed by atoms with Gasteiger partial charge in [-0.25, -0.2) is 0 Å². The van der Waals surface area contributed by atoms with Crippen LogP contribution in [-0.4, -0.2) is 42.4 Å². The number of thiocarbonyl (C=S) groups is 1. The van der Waals surface area contributed by atoms with Crippen LogP contribution < -0.4 is 0 Å². The highest BCUT2D eigenvalue weighted by Crippen LogP contribution is 2.29. The highest BCUT2D eigenvalue weighted by molar-refractivity contribution is 7.79. The van der Waals surface area contributed by atoms with Crippen molar-refractivity contribution >= 4 is 23.4 Å². The summed E-state index contributed by atoms with van der Waals surface area (Å²) in [6.45, 7) is 1.93. The third-order valence-electron chi connectivity index (χ3n) is 3.42. The molecule has 2 heterocycles. The van der Waals surface area contributed by atoms with Crippen molar-refractivity contribution in [2.75, 3.05) is 6.61 Å². The number of hydrogen-bond donors (Lipinski definition) is 0. The van der Waals surface area contributed by atoms with Crippen LogP contribution in [0.1, 0.15) is 12.5 Å². The Labute approximate surface area is 133 Å². The van der Waals surface area contributed by atoms with E-state index in [1.807, 2.05) is 30.3 Å². The molecule has 0 N–H and O–H groups in total. The summed E-state index contributed by atoms with van der Waals surface area (Å²) in [5.74, 6) is -0.441. The van der Waals surface area contributed by atoms with E-state index >= 15 is 0 Å². The number of rotatable bonds is 4. The third kappa shape index (κ3) is 3.37. The normalized spacial score (nSPS) is 30.1. The molecule has 4 unspecified atom stereocenters. The predicted molar refractivity (Wildman–Crippen MR) is 78.9 cm³/mol. The minimum absolute atomic E-state index is 0.0412. The first-order chi connectivity index (χ1) is 10.6. The highest BCUT2D eigenvalue weighted by Gasteiger charge is 2.50. The van der Waals surface area contributed by atoms with Gasteiger partial charge in [-0.05, 0) is 5.56 Å². The molecule has 0 radical (unpaired) electrons. The van der Waals surface area contributed by atoms with Gasteiger partial charge in [-0.2, -0.15) is 0 Å².